The number of aliphatic hydroxyl groups is 2. The Balaban J connectivity index is -0.000000122. The Morgan fingerprint density at radius 2 is 1.26 bits per heavy atom. The van der Waals surface area contributed by atoms with Crippen LogP contribution in [0.25, 0.3) is 0 Å². The topological polar surface area (TPSA) is 52.8 Å². The summed E-state index contributed by atoms with van der Waals surface area (Å²) in [5.41, 5.74) is -0.458. The molecule has 0 amide bonds. The monoisotopic (exact) mass is 435 g/mol. The molecule has 0 fully saturated rings. The first-order valence-electron chi connectivity index (χ1n) is 6.40. The van der Waals surface area contributed by atoms with E-state index in [0.29, 0.717) is 6.04 Å². The van der Waals surface area contributed by atoms with E-state index in [1.165, 1.54) is 6.42 Å². The molecule has 0 heterocycles. The molecule has 1 atom stereocenters. The zero-order valence-corrected chi connectivity index (χ0v) is 16.3. The van der Waals surface area contributed by atoms with Crippen LogP contribution in [0.5, 0.6) is 0 Å². The largest absolute Gasteiger partial charge is 0.423 e. The maximum absolute atomic E-state index is 11.0. The first-order chi connectivity index (χ1) is 9.52. The van der Waals surface area contributed by atoms with Crippen LogP contribution in [0.2, 0.25) is 0 Å². The van der Waals surface area contributed by atoms with Crippen molar-refractivity contribution < 1.29 is 57.4 Å². The molecular formula is C13H26F6NNbO2-. The number of hydrogen-bond donors (Lipinski definition) is 2. The SMILES string of the molecule is CCC(C)(C)O.CCC(C)[N]=[Nb].OC(C(F)(F)F)C(F)(F)F.[CH3-]. The van der Waals surface area contributed by atoms with Gasteiger partial charge >= 0.3 is 62.9 Å². The third-order valence-corrected chi connectivity index (χ3v) is 3.24. The molecule has 0 aromatic rings. The van der Waals surface area contributed by atoms with Crippen LogP contribution in [0.15, 0.2) is 3.34 Å². The van der Waals surface area contributed by atoms with Crippen LogP contribution in [-0.2, 0) is 20.9 Å². The van der Waals surface area contributed by atoms with Gasteiger partial charge in [-0.05, 0) is 20.3 Å². The molecular weight excluding hydrogens is 409 g/mol. The summed E-state index contributed by atoms with van der Waals surface area (Å²) in [5, 5.41) is 16.3. The summed E-state index contributed by atoms with van der Waals surface area (Å²) in [6.07, 6.45) is -13.5. The van der Waals surface area contributed by atoms with E-state index in [9.17, 15) is 26.3 Å². The minimum atomic E-state index is -5.63. The van der Waals surface area contributed by atoms with E-state index in [4.69, 9.17) is 10.2 Å². The predicted octanol–water partition coefficient (Wildman–Crippen LogP) is 4.60. The van der Waals surface area contributed by atoms with Gasteiger partial charge < -0.3 is 17.6 Å². The van der Waals surface area contributed by atoms with Crippen LogP contribution in [0, 0.1) is 7.43 Å². The van der Waals surface area contributed by atoms with Crippen molar-refractivity contribution in [1.29, 1.82) is 0 Å². The summed E-state index contributed by atoms with van der Waals surface area (Å²) in [6, 6.07) is 0.582. The van der Waals surface area contributed by atoms with E-state index in [1.807, 2.05) is 6.92 Å². The second-order valence-corrected chi connectivity index (χ2v) is 5.59. The Labute approximate surface area is 146 Å². The first kappa shape index (κ1) is 30.9. The van der Waals surface area contributed by atoms with E-state index in [0.717, 1.165) is 6.42 Å². The maximum atomic E-state index is 11.0. The van der Waals surface area contributed by atoms with Crippen LogP contribution in [0.1, 0.15) is 47.5 Å². The molecule has 0 aromatic heterocycles. The van der Waals surface area contributed by atoms with Crippen LogP contribution >= 0.6 is 0 Å². The molecule has 0 aromatic carbocycles. The van der Waals surface area contributed by atoms with Crippen LogP contribution < -0.4 is 0 Å². The van der Waals surface area contributed by atoms with Crippen molar-refractivity contribution in [3.63, 3.8) is 0 Å². The standard InChI is InChI=1S/C5H12O.C4H9N.C3H2F6O.CH3.Nb/c1-4-5(2,3)6;1-3-4(2)5;4-2(5,6)1(10)3(7,8)9;;/h6H,4H2,1-3H3;4H,3H2,1-2H3;1,10H;1H3;/q;;;-1;. The van der Waals surface area contributed by atoms with Gasteiger partial charge in [0.05, 0.1) is 5.60 Å². The molecule has 2 N–H and O–H groups in total. The van der Waals surface area contributed by atoms with Gasteiger partial charge in [-0.25, -0.2) is 0 Å². The minimum absolute atomic E-state index is 0. The molecule has 10 heteroatoms. The second kappa shape index (κ2) is 13.3. The van der Waals surface area contributed by atoms with Gasteiger partial charge in [-0.3, -0.25) is 0 Å². The molecule has 3 nitrogen and oxygen atoms in total. The van der Waals surface area contributed by atoms with Crippen molar-refractivity contribution in [2.45, 2.75) is 77.6 Å². The smallest absolute Gasteiger partial charge is 0.377 e. The van der Waals surface area contributed by atoms with E-state index in [-0.39, 0.29) is 7.43 Å². The Bertz CT molecular complexity index is 276. The van der Waals surface area contributed by atoms with Gasteiger partial charge in [0.25, 0.3) is 0 Å². The molecule has 0 aliphatic rings. The van der Waals surface area contributed by atoms with E-state index in [2.05, 4.69) is 17.2 Å². The molecule has 0 spiro atoms. The van der Waals surface area contributed by atoms with Crippen molar-refractivity contribution in [2.24, 2.45) is 3.34 Å². The molecule has 0 radical (unpaired) electrons. The van der Waals surface area contributed by atoms with Crippen molar-refractivity contribution >= 4 is 0 Å². The van der Waals surface area contributed by atoms with Crippen molar-refractivity contribution in [1.82, 2.24) is 0 Å². The molecule has 0 aliphatic carbocycles. The first-order valence-corrected chi connectivity index (χ1v) is 7.39. The zero-order chi connectivity index (χ0) is 18.8. The number of hydrogen-bond acceptors (Lipinski definition) is 3. The molecule has 23 heavy (non-hydrogen) atoms. The van der Waals surface area contributed by atoms with Gasteiger partial charge in [0.2, 0.25) is 6.10 Å². The molecule has 0 rings (SSSR count). The number of rotatable bonds is 3. The van der Waals surface area contributed by atoms with Gasteiger partial charge in [-0.2, -0.15) is 26.3 Å². The molecule has 143 valence electrons. The van der Waals surface area contributed by atoms with E-state index < -0.39 is 24.1 Å². The number of halogens is 6. The zero-order valence-electron chi connectivity index (χ0n) is 14.1. The molecule has 1 unspecified atom stereocenters. The van der Waals surface area contributed by atoms with Crippen molar-refractivity contribution in [3.8, 4) is 0 Å². The van der Waals surface area contributed by atoms with Gasteiger partial charge in [0.15, 0.2) is 0 Å². The second-order valence-electron chi connectivity index (χ2n) is 5.02. The summed E-state index contributed by atoms with van der Waals surface area (Å²) in [7, 11) is 0. The third kappa shape index (κ3) is 24.4. The fourth-order valence-corrected chi connectivity index (χ4v) is 0.669. The minimum Gasteiger partial charge on any atom is -0.377 e. The number of alkyl halides is 6. The summed E-state index contributed by atoms with van der Waals surface area (Å²) in [4.78, 5) is 0. The molecule has 0 bridgehead atoms. The van der Waals surface area contributed by atoms with Crippen molar-refractivity contribution in [2.75, 3.05) is 0 Å². The number of aliphatic hydroxyl groups excluding tert-OH is 1. The van der Waals surface area contributed by atoms with Crippen molar-refractivity contribution in [3.05, 3.63) is 7.43 Å². The summed E-state index contributed by atoms with van der Waals surface area (Å²) < 4.78 is 69.9. The molecule has 0 saturated heterocycles. The summed E-state index contributed by atoms with van der Waals surface area (Å²) >= 11 is 1.55. The van der Waals surface area contributed by atoms with Gasteiger partial charge in [-0.1, -0.05) is 6.92 Å². The Kier molecular flexibility index (Phi) is 17.9. The van der Waals surface area contributed by atoms with Gasteiger partial charge in [-0.15, -0.1) is 0 Å². The predicted molar refractivity (Wildman–Crippen MR) is 73.3 cm³/mol. The van der Waals surface area contributed by atoms with Crippen LogP contribution in [0.4, 0.5) is 26.3 Å². The third-order valence-electron chi connectivity index (χ3n) is 2.27. The quantitative estimate of drug-likeness (QED) is 0.387. The molecule has 0 saturated carbocycles. The fourth-order valence-electron chi connectivity index (χ4n) is 0.267. The Morgan fingerprint density at radius 1 is 1.00 bits per heavy atom. The average molecular weight is 435 g/mol. The average Bonchev–Trinajstić information content (AvgIpc) is 2.35. The summed E-state index contributed by atoms with van der Waals surface area (Å²) in [6.45, 7) is 9.82. The van der Waals surface area contributed by atoms with Crippen LogP contribution in [-0.4, -0.2) is 40.3 Å². The molecule has 0 aliphatic heterocycles. The Morgan fingerprint density at radius 3 is 1.26 bits per heavy atom. The fraction of sp³-hybridized carbons (Fsp3) is 0.923. The summed E-state index contributed by atoms with van der Waals surface area (Å²) in [5.74, 6) is 0. The van der Waals surface area contributed by atoms with Gasteiger partial charge in [0, 0.05) is 0 Å². The number of nitrogens with zero attached hydrogens (tertiary/aromatic N) is 1. The van der Waals surface area contributed by atoms with E-state index in [1.54, 1.807) is 34.7 Å². The maximum Gasteiger partial charge on any atom is 0.423 e. The van der Waals surface area contributed by atoms with Crippen LogP contribution in [0.3, 0.4) is 0 Å². The van der Waals surface area contributed by atoms with E-state index >= 15 is 0 Å². The van der Waals surface area contributed by atoms with Gasteiger partial charge in [0.1, 0.15) is 0 Å². The normalized spacial score (nSPS) is 12.9. The Hall–Kier alpha value is 0.0403.